The van der Waals surface area contributed by atoms with Gasteiger partial charge in [0.1, 0.15) is 5.82 Å². The quantitative estimate of drug-likeness (QED) is 0.756. The van der Waals surface area contributed by atoms with Crippen molar-refractivity contribution in [2.45, 2.75) is 25.3 Å². The summed E-state index contributed by atoms with van der Waals surface area (Å²) in [5, 5.41) is 4.35. The average molecular weight is 218 g/mol. The van der Waals surface area contributed by atoms with Crippen LogP contribution < -0.4 is 5.32 Å². The molecule has 1 unspecified atom stereocenters. The number of halogens is 1. The molecule has 1 aromatic heterocycles. The van der Waals surface area contributed by atoms with E-state index in [9.17, 15) is 4.39 Å². The molecule has 2 N–H and O–H groups in total. The highest BCUT2D eigenvalue weighted by Crippen LogP contribution is 2.35. The molecule has 84 valence electrons. The molecule has 3 rings (SSSR count). The summed E-state index contributed by atoms with van der Waals surface area (Å²) in [5.41, 5.74) is 3.59. The summed E-state index contributed by atoms with van der Waals surface area (Å²) in [4.78, 5) is 3.40. The first-order chi connectivity index (χ1) is 7.79. The second kappa shape index (κ2) is 3.59. The number of benzene rings is 1. The number of aromatic nitrogens is 1. The third-order valence-electron chi connectivity index (χ3n) is 3.50. The standard InChI is InChI=1S/C13H15FN2/c1-15-11-3-2-4-12-13(11)9-7-8(14)5-6-10(9)16-12/h5-7,11,15-16H,2-4H2,1H3. The topological polar surface area (TPSA) is 27.8 Å². The maximum Gasteiger partial charge on any atom is 0.123 e. The Morgan fingerprint density at radius 2 is 2.31 bits per heavy atom. The number of nitrogens with one attached hydrogen (secondary N) is 2. The number of hydrogen-bond acceptors (Lipinski definition) is 1. The summed E-state index contributed by atoms with van der Waals surface area (Å²) in [6, 6.07) is 5.34. The van der Waals surface area contributed by atoms with Gasteiger partial charge in [-0.05, 0) is 50.1 Å². The number of rotatable bonds is 1. The van der Waals surface area contributed by atoms with Gasteiger partial charge < -0.3 is 10.3 Å². The molecule has 2 aromatic rings. The molecule has 0 bridgehead atoms. The lowest BCUT2D eigenvalue weighted by Crippen LogP contribution is -2.20. The highest BCUT2D eigenvalue weighted by atomic mass is 19.1. The van der Waals surface area contributed by atoms with E-state index in [2.05, 4.69) is 10.3 Å². The van der Waals surface area contributed by atoms with E-state index < -0.39 is 0 Å². The van der Waals surface area contributed by atoms with Crippen LogP contribution in [0.4, 0.5) is 4.39 Å². The monoisotopic (exact) mass is 218 g/mol. The molecule has 0 amide bonds. The number of aromatic amines is 1. The van der Waals surface area contributed by atoms with Gasteiger partial charge in [-0.15, -0.1) is 0 Å². The van der Waals surface area contributed by atoms with Gasteiger partial charge in [0.15, 0.2) is 0 Å². The van der Waals surface area contributed by atoms with E-state index in [4.69, 9.17) is 0 Å². The molecule has 1 aliphatic carbocycles. The number of fused-ring (bicyclic) bond motifs is 3. The van der Waals surface area contributed by atoms with Crippen molar-refractivity contribution in [3.63, 3.8) is 0 Å². The molecule has 0 aliphatic heterocycles. The molecule has 0 saturated heterocycles. The minimum atomic E-state index is -0.158. The minimum Gasteiger partial charge on any atom is -0.358 e. The van der Waals surface area contributed by atoms with Crippen LogP contribution in [0.5, 0.6) is 0 Å². The Labute approximate surface area is 93.9 Å². The smallest absolute Gasteiger partial charge is 0.123 e. The summed E-state index contributed by atoms with van der Waals surface area (Å²) in [6.07, 6.45) is 3.39. The SMILES string of the molecule is CNC1CCCc2[nH]c3ccc(F)cc3c21. The van der Waals surface area contributed by atoms with Gasteiger partial charge >= 0.3 is 0 Å². The fraction of sp³-hybridized carbons (Fsp3) is 0.385. The van der Waals surface area contributed by atoms with Crippen LogP contribution in [0.15, 0.2) is 18.2 Å². The Kier molecular flexibility index (Phi) is 2.21. The lowest BCUT2D eigenvalue weighted by atomic mass is 9.91. The zero-order chi connectivity index (χ0) is 11.1. The van der Waals surface area contributed by atoms with Crippen LogP contribution in [0.2, 0.25) is 0 Å². The zero-order valence-corrected chi connectivity index (χ0v) is 9.31. The van der Waals surface area contributed by atoms with Crippen LogP contribution in [0.1, 0.15) is 30.1 Å². The van der Waals surface area contributed by atoms with Crippen LogP contribution in [0, 0.1) is 5.82 Å². The third kappa shape index (κ3) is 1.35. The molecular weight excluding hydrogens is 203 g/mol. The normalized spacial score (nSPS) is 20.0. The van der Waals surface area contributed by atoms with Crippen molar-refractivity contribution in [1.82, 2.24) is 10.3 Å². The zero-order valence-electron chi connectivity index (χ0n) is 9.31. The number of aryl methyl sites for hydroxylation is 1. The Hall–Kier alpha value is -1.35. The van der Waals surface area contributed by atoms with Crippen molar-refractivity contribution in [3.8, 4) is 0 Å². The highest BCUT2D eigenvalue weighted by molar-refractivity contribution is 5.85. The predicted octanol–water partition coefficient (Wildman–Crippen LogP) is 2.90. The second-order valence-electron chi connectivity index (χ2n) is 4.44. The summed E-state index contributed by atoms with van der Waals surface area (Å²) in [7, 11) is 1.97. The lowest BCUT2D eigenvalue weighted by molar-refractivity contribution is 0.497. The maximum atomic E-state index is 13.3. The summed E-state index contributed by atoms with van der Waals surface area (Å²) < 4.78 is 13.3. The van der Waals surface area contributed by atoms with E-state index in [0.717, 1.165) is 23.7 Å². The van der Waals surface area contributed by atoms with Crippen LogP contribution in [-0.4, -0.2) is 12.0 Å². The van der Waals surface area contributed by atoms with Crippen LogP contribution in [0.3, 0.4) is 0 Å². The van der Waals surface area contributed by atoms with Crippen molar-refractivity contribution in [2.75, 3.05) is 7.05 Å². The molecule has 0 spiro atoms. The molecule has 1 atom stereocenters. The van der Waals surface area contributed by atoms with Gasteiger partial charge in [-0.1, -0.05) is 0 Å². The van der Waals surface area contributed by atoms with Crippen molar-refractivity contribution < 1.29 is 4.39 Å². The second-order valence-corrected chi connectivity index (χ2v) is 4.44. The Morgan fingerprint density at radius 1 is 1.44 bits per heavy atom. The van der Waals surface area contributed by atoms with Crippen molar-refractivity contribution in [3.05, 3.63) is 35.3 Å². The van der Waals surface area contributed by atoms with Gasteiger partial charge in [-0.25, -0.2) is 4.39 Å². The lowest BCUT2D eigenvalue weighted by Gasteiger charge is -2.22. The first-order valence-corrected chi connectivity index (χ1v) is 5.77. The minimum absolute atomic E-state index is 0.158. The van der Waals surface area contributed by atoms with Gasteiger partial charge in [-0.3, -0.25) is 0 Å². The Morgan fingerprint density at radius 3 is 3.12 bits per heavy atom. The van der Waals surface area contributed by atoms with Gasteiger partial charge in [0, 0.05) is 22.6 Å². The maximum absolute atomic E-state index is 13.3. The van der Waals surface area contributed by atoms with Gasteiger partial charge in [-0.2, -0.15) is 0 Å². The molecule has 3 heteroatoms. The highest BCUT2D eigenvalue weighted by Gasteiger charge is 2.23. The summed E-state index contributed by atoms with van der Waals surface area (Å²) in [5.74, 6) is -0.158. The molecule has 1 aromatic carbocycles. The molecule has 0 radical (unpaired) electrons. The largest absolute Gasteiger partial charge is 0.358 e. The van der Waals surface area contributed by atoms with Crippen LogP contribution in [0.25, 0.3) is 10.9 Å². The van der Waals surface area contributed by atoms with E-state index in [1.165, 1.54) is 23.7 Å². The first kappa shape index (κ1) is 9.85. The molecule has 1 aliphatic rings. The van der Waals surface area contributed by atoms with E-state index >= 15 is 0 Å². The molecule has 1 heterocycles. The summed E-state index contributed by atoms with van der Waals surface area (Å²) >= 11 is 0. The van der Waals surface area contributed by atoms with Crippen LogP contribution in [-0.2, 0) is 6.42 Å². The average Bonchev–Trinajstić information content (AvgIpc) is 2.66. The van der Waals surface area contributed by atoms with Crippen molar-refractivity contribution >= 4 is 10.9 Å². The number of H-pyrrole nitrogens is 1. The van der Waals surface area contributed by atoms with E-state index in [1.54, 1.807) is 6.07 Å². The molecule has 0 fully saturated rings. The Balaban J connectivity index is 2.27. The van der Waals surface area contributed by atoms with E-state index in [0.29, 0.717) is 6.04 Å². The molecule has 2 nitrogen and oxygen atoms in total. The van der Waals surface area contributed by atoms with Gasteiger partial charge in [0.05, 0.1) is 0 Å². The molecule has 0 saturated carbocycles. The predicted molar refractivity (Wildman–Crippen MR) is 63.0 cm³/mol. The van der Waals surface area contributed by atoms with Crippen LogP contribution >= 0.6 is 0 Å². The van der Waals surface area contributed by atoms with Crippen molar-refractivity contribution in [1.29, 1.82) is 0 Å². The van der Waals surface area contributed by atoms with Gasteiger partial charge in [0.25, 0.3) is 0 Å². The third-order valence-corrected chi connectivity index (χ3v) is 3.50. The fourth-order valence-electron chi connectivity index (χ4n) is 2.75. The molecule has 16 heavy (non-hydrogen) atoms. The van der Waals surface area contributed by atoms with E-state index in [-0.39, 0.29) is 5.82 Å². The van der Waals surface area contributed by atoms with E-state index in [1.807, 2.05) is 13.1 Å². The molecular formula is C13H15FN2. The number of hydrogen-bond donors (Lipinski definition) is 2. The van der Waals surface area contributed by atoms with Crippen molar-refractivity contribution in [2.24, 2.45) is 0 Å². The fourth-order valence-corrected chi connectivity index (χ4v) is 2.75. The first-order valence-electron chi connectivity index (χ1n) is 5.77. The summed E-state index contributed by atoms with van der Waals surface area (Å²) in [6.45, 7) is 0. The Bertz CT molecular complexity index is 530. The van der Waals surface area contributed by atoms with Gasteiger partial charge in [0.2, 0.25) is 0 Å².